The monoisotopic (exact) mass is 415 g/mol. The van der Waals surface area contributed by atoms with Gasteiger partial charge in [-0.2, -0.15) is 0 Å². The summed E-state index contributed by atoms with van der Waals surface area (Å²) in [5.74, 6) is 1.14. The van der Waals surface area contributed by atoms with Gasteiger partial charge in [-0.15, -0.1) is 0 Å². The molecule has 0 saturated carbocycles. The standard InChI is InChI=1S/C21H22ClN3O2S/c1-27-14-5-7-16-13(11-14)9-10-24-20(16)17-3-2-4-18(21(24)26)25(17)28-15-6-8-19(22)23-12-15/h5-8,11-12,17-18,20H,2-4,9-10H2,1H3. The molecule has 1 aromatic heterocycles. The Labute approximate surface area is 174 Å². The average molecular weight is 416 g/mol. The summed E-state index contributed by atoms with van der Waals surface area (Å²) in [6.07, 6.45) is 5.78. The van der Waals surface area contributed by atoms with Crippen LogP contribution < -0.4 is 4.74 Å². The SMILES string of the molecule is COc1ccc2c(c1)CCN1C(=O)C3CCCC(C21)N3Sc1ccc(Cl)nc1. The molecule has 1 amide bonds. The van der Waals surface area contributed by atoms with Crippen molar-refractivity contribution in [3.63, 3.8) is 0 Å². The highest BCUT2D eigenvalue weighted by molar-refractivity contribution is 7.97. The van der Waals surface area contributed by atoms with Gasteiger partial charge in [0.25, 0.3) is 0 Å². The maximum Gasteiger partial charge on any atom is 0.241 e. The van der Waals surface area contributed by atoms with Crippen molar-refractivity contribution < 1.29 is 9.53 Å². The zero-order valence-corrected chi connectivity index (χ0v) is 17.2. The fourth-order valence-corrected chi connectivity index (χ4v) is 6.08. The van der Waals surface area contributed by atoms with Crippen LogP contribution in [-0.2, 0) is 11.2 Å². The van der Waals surface area contributed by atoms with Gasteiger partial charge in [-0.05, 0) is 73.0 Å². The third-order valence-electron chi connectivity index (χ3n) is 6.08. The van der Waals surface area contributed by atoms with Crippen molar-refractivity contribution in [2.45, 2.75) is 48.7 Å². The largest absolute Gasteiger partial charge is 0.497 e. The van der Waals surface area contributed by atoms with Gasteiger partial charge in [-0.25, -0.2) is 9.29 Å². The van der Waals surface area contributed by atoms with Crippen molar-refractivity contribution in [2.75, 3.05) is 13.7 Å². The minimum absolute atomic E-state index is 0.0597. The van der Waals surface area contributed by atoms with E-state index in [9.17, 15) is 4.79 Å². The number of piperazine rings is 1. The van der Waals surface area contributed by atoms with E-state index in [-0.39, 0.29) is 18.0 Å². The molecule has 3 aliphatic rings. The molecule has 0 N–H and O–H groups in total. The number of pyridine rings is 1. The number of rotatable bonds is 3. The van der Waals surface area contributed by atoms with Crippen LogP contribution in [0.3, 0.4) is 0 Å². The average Bonchev–Trinajstić information content (AvgIpc) is 2.72. The van der Waals surface area contributed by atoms with Gasteiger partial charge in [0.2, 0.25) is 5.91 Å². The van der Waals surface area contributed by atoms with Crippen molar-refractivity contribution in [1.29, 1.82) is 0 Å². The number of nitrogens with zero attached hydrogens (tertiary/aromatic N) is 3. The van der Waals surface area contributed by atoms with E-state index in [0.717, 1.165) is 42.9 Å². The van der Waals surface area contributed by atoms with Gasteiger partial charge >= 0.3 is 0 Å². The van der Waals surface area contributed by atoms with E-state index in [2.05, 4.69) is 26.3 Å². The second kappa shape index (κ2) is 7.25. The summed E-state index contributed by atoms with van der Waals surface area (Å²) in [7, 11) is 1.70. The number of carbonyl (C=O) groups excluding carboxylic acids is 1. The fourth-order valence-electron chi connectivity index (χ4n) is 4.82. The molecule has 0 spiro atoms. The molecule has 3 aliphatic heterocycles. The van der Waals surface area contributed by atoms with E-state index < -0.39 is 0 Å². The van der Waals surface area contributed by atoms with Gasteiger partial charge in [-0.3, -0.25) is 4.79 Å². The lowest BCUT2D eigenvalue weighted by molar-refractivity contribution is -0.149. The first-order valence-electron chi connectivity index (χ1n) is 9.71. The second-order valence-electron chi connectivity index (χ2n) is 7.57. The third-order valence-corrected chi connectivity index (χ3v) is 7.49. The van der Waals surface area contributed by atoms with Gasteiger partial charge in [0.1, 0.15) is 10.9 Å². The van der Waals surface area contributed by atoms with Gasteiger partial charge in [0.05, 0.1) is 19.2 Å². The summed E-state index contributed by atoms with van der Waals surface area (Å²) < 4.78 is 7.75. The molecule has 28 heavy (non-hydrogen) atoms. The van der Waals surface area contributed by atoms with Crippen LogP contribution in [0.2, 0.25) is 5.15 Å². The lowest BCUT2D eigenvalue weighted by atomic mass is 9.80. The number of hydrogen-bond acceptors (Lipinski definition) is 5. The lowest BCUT2D eigenvalue weighted by Gasteiger charge is -2.55. The van der Waals surface area contributed by atoms with Crippen molar-refractivity contribution in [3.8, 4) is 5.75 Å². The molecule has 3 unspecified atom stereocenters. The molecule has 2 saturated heterocycles. The first-order valence-corrected chi connectivity index (χ1v) is 10.9. The van der Waals surface area contributed by atoms with Crippen molar-refractivity contribution in [2.24, 2.45) is 0 Å². The topological polar surface area (TPSA) is 45.7 Å². The summed E-state index contributed by atoms with van der Waals surface area (Å²) >= 11 is 7.59. The highest BCUT2D eigenvalue weighted by atomic mass is 35.5. The van der Waals surface area contributed by atoms with E-state index in [1.807, 2.05) is 12.1 Å². The highest BCUT2D eigenvalue weighted by Crippen LogP contribution is 2.48. The van der Waals surface area contributed by atoms with Crippen LogP contribution in [0, 0.1) is 0 Å². The Morgan fingerprint density at radius 1 is 1.25 bits per heavy atom. The van der Waals surface area contributed by atoms with Gasteiger partial charge in [-0.1, -0.05) is 17.7 Å². The number of piperidine rings is 1. The predicted molar refractivity (Wildman–Crippen MR) is 110 cm³/mol. The molecule has 1 aromatic carbocycles. The van der Waals surface area contributed by atoms with Gasteiger partial charge < -0.3 is 9.64 Å². The number of hydrogen-bond donors (Lipinski definition) is 0. The normalized spacial score (nSPS) is 26.6. The maximum atomic E-state index is 13.4. The number of ether oxygens (including phenoxy) is 1. The summed E-state index contributed by atoms with van der Waals surface area (Å²) in [6.45, 7) is 0.789. The summed E-state index contributed by atoms with van der Waals surface area (Å²) in [5.41, 5.74) is 2.57. The summed E-state index contributed by atoms with van der Waals surface area (Å²) in [5, 5.41) is 0.487. The molecule has 5 nitrogen and oxygen atoms in total. The molecular weight excluding hydrogens is 394 g/mol. The van der Waals surface area contributed by atoms with Crippen LogP contribution in [0.4, 0.5) is 0 Å². The van der Waals surface area contributed by atoms with E-state index in [0.29, 0.717) is 11.2 Å². The molecular formula is C21H22ClN3O2S. The molecule has 0 aliphatic carbocycles. The molecule has 4 heterocycles. The Bertz CT molecular complexity index is 907. The van der Waals surface area contributed by atoms with E-state index in [1.54, 1.807) is 31.3 Å². The molecule has 0 radical (unpaired) electrons. The molecule has 7 heteroatoms. The van der Waals surface area contributed by atoms with Crippen LogP contribution in [0.5, 0.6) is 5.75 Å². The first-order chi connectivity index (χ1) is 13.7. The van der Waals surface area contributed by atoms with Gasteiger partial charge in [0, 0.05) is 23.7 Å². The molecule has 2 fully saturated rings. The number of carbonyl (C=O) groups is 1. The number of benzene rings is 1. The van der Waals surface area contributed by atoms with Crippen LogP contribution >= 0.6 is 23.5 Å². The lowest BCUT2D eigenvalue weighted by Crippen LogP contribution is -2.63. The minimum Gasteiger partial charge on any atom is -0.497 e. The van der Waals surface area contributed by atoms with Crippen LogP contribution in [0.1, 0.15) is 36.4 Å². The van der Waals surface area contributed by atoms with Crippen LogP contribution in [0.15, 0.2) is 41.4 Å². The van der Waals surface area contributed by atoms with Crippen LogP contribution in [0.25, 0.3) is 0 Å². The van der Waals surface area contributed by atoms with E-state index >= 15 is 0 Å². The van der Waals surface area contributed by atoms with Crippen LogP contribution in [-0.4, -0.2) is 45.8 Å². The number of aromatic nitrogens is 1. The Hall–Kier alpha value is -1.76. The summed E-state index contributed by atoms with van der Waals surface area (Å²) in [4.78, 5) is 20.7. The number of fused-ring (bicyclic) bond motifs is 6. The zero-order valence-electron chi connectivity index (χ0n) is 15.7. The molecule has 2 aromatic rings. The Balaban J connectivity index is 1.52. The van der Waals surface area contributed by atoms with Crippen molar-refractivity contribution in [1.82, 2.24) is 14.2 Å². The smallest absolute Gasteiger partial charge is 0.241 e. The molecule has 3 atom stereocenters. The third kappa shape index (κ3) is 2.98. The minimum atomic E-state index is -0.0597. The maximum absolute atomic E-state index is 13.4. The predicted octanol–water partition coefficient (Wildman–Crippen LogP) is 4.11. The number of methoxy groups -OCH3 is 1. The van der Waals surface area contributed by atoms with Crippen molar-refractivity contribution >= 4 is 29.5 Å². The van der Waals surface area contributed by atoms with E-state index in [4.69, 9.17) is 16.3 Å². The Kier molecular flexibility index (Phi) is 4.73. The fraction of sp³-hybridized carbons (Fsp3) is 0.429. The Morgan fingerprint density at radius 3 is 2.93 bits per heavy atom. The second-order valence-corrected chi connectivity index (χ2v) is 9.04. The number of halogens is 1. The highest BCUT2D eigenvalue weighted by Gasteiger charge is 2.51. The molecule has 5 rings (SSSR count). The van der Waals surface area contributed by atoms with Gasteiger partial charge in [0.15, 0.2) is 0 Å². The quantitative estimate of drug-likeness (QED) is 0.557. The molecule has 146 valence electrons. The Morgan fingerprint density at radius 2 is 2.14 bits per heavy atom. The van der Waals surface area contributed by atoms with E-state index in [1.165, 1.54) is 11.1 Å². The van der Waals surface area contributed by atoms with Crippen molar-refractivity contribution in [3.05, 3.63) is 52.8 Å². The summed E-state index contributed by atoms with van der Waals surface area (Å²) in [6, 6.07) is 10.4. The number of amides is 1. The first kappa shape index (κ1) is 18.3. The molecule has 2 bridgehead atoms. The zero-order chi connectivity index (χ0) is 19.3.